The molecule has 25 heavy (non-hydrogen) atoms. The van der Waals surface area contributed by atoms with Crippen LogP contribution < -0.4 is 21.7 Å². The lowest BCUT2D eigenvalue weighted by molar-refractivity contribution is -0.124. The van der Waals surface area contributed by atoms with Gasteiger partial charge in [-0.25, -0.2) is 4.79 Å². The molecule has 1 atom stereocenters. The van der Waals surface area contributed by atoms with Crippen LogP contribution in [0.15, 0.2) is 29.4 Å². The zero-order chi connectivity index (χ0) is 18.0. The normalized spacial score (nSPS) is 22.2. The van der Waals surface area contributed by atoms with Crippen molar-refractivity contribution in [1.82, 2.24) is 16.0 Å². The number of amides is 4. The average molecular weight is 341 g/mol. The van der Waals surface area contributed by atoms with Crippen LogP contribution >= 0.6 is 0 Å². The van der Waals surface area contributed by atoms with Gasteiger partial charge in [0.25, 0.3) is 5.91 Å². The van der Waals surface area contributed by atoms with Crippen molar-refractivity contribution in [3.05, 3.63) is 41.1 Å². The minimum absolute atomic E-state index is 0.0219. The number of benzene rings is 1. The minimum Gasteiger partial charge on any atom is -0.404 e. The number of fused-ring (bicyclic) bond motifs is 2. The van der Waals surface area contributed by atoms with E-state index in [-0.39, 0.29) is 18.4 Å². The number of hydrogen-bond donors (Lipinski definition) is 4. The fraction of sp³-hybridized carbons (Fsp3) is 0.294. The SMILES string of the molecule is CNC(=O)CN=CC(=CN)c1ccc2c(c1)CCC21NC(=O)NC1=O. The second-order valence-corrected chi connectivity index (χ2v) is 5.95. The van der Waals surface area contributed by atoms with Gasteiger partial charge in [0, 0.05) is 25.0 Å². The molecule has 0 saturated carbocycles. The van der Waals surface area contributed by atoms with E-state index in [2.05, 4.69) is 20.9 Å². The molecule has 1 aromatic rings. The first kappa shape index (κ1) is 16.7. The first-order valence-electron chi connectivity index (χ1n) is 7.90. The third-order valence-electron chi connectivity index (χ3n) is 4.53. The van der Waals surface area contributed by atoms with Gasteiger partial charge in [-0.1, -0.05) is 18.2 Å². The molecule has 3 rings (SSSR count). The number of allylic oxidation sites excluding steroid dienone is 1. The second kappa shape index (κ2) is 6.39. The van der Waals surface area contributed by atoms with Crippen LogP contribution in [0.25, 0.3) is 5.57 Å². The molecule has 1 unspecified atom stereocenters. The zero-order valence-electron chi connectivity index (χ0n) is 13.8. The van der Waals surface area contributed by atoms with Crippen molar-refractivity contribution < 1.29 is 14.4 Å². The van der Waals surface area contributed by atoms with Gasteiger partial charge >= 0.3 is 6.03 Å². The Labute approximate surface area is 144 Å². The number of aliphatic imine (C=N–C) groups is 1. The first-order valence-corrected chi connectivity index (χ1v) is 7.90. The largest absolute Gasteiger partial charge is 0.404 e. The highest BCUT2D eigenvalue weighted by atomic mass is 16.2. The Balaban J connectivity index is 1.86. The Morgan fingerprint density at radius 1 is 1.44 bits per heavy atom. The van der Waals surface area contributed by atoms with E-state index in [1.807, 2.05) is 18.2 Å². The third-order valence-corrected chi connectivity index (χ3v) is 4.53. The number of carbonyl (C=O) groups is 3. The van der Waals surface area contributed by atoms with Gasteiger partial charge < -0.3 is 16.4 Å². The molecule has 1 aliphatic heterocycles. The molecular formula is C17H19N5O3. The molecular weight excluding hydrogens is 322 g/mol. The molecule has 4 amide bonds. The maximum atomic E-state index is 12.2. The molecule has 1 heterocycles. The maximum Gasteiger partial charge on any atom is 0.322 e. The topological polar surface area (TPSA) is 126 Å². The van der Waals surface area contributed by atoms with E-state index in [0.29, 0.717) is 18.4 Å². The lowest BCUT2D eigenvalue weighted by Crippen LogP contribution is -2.41. The Morgan fingerprint density at radius 3 is 2.88 bits per heavy atom. The number of nitrogens with one attached hydrogen (secondary N) is 3. The molecule has 1 saturated heterocycles. The molecule has 130 valence electrons. The number of aryl methyl sites for hydroxylation is 1. The van der Waals surface area contributed by atoms with Crippen LogP contribution in [-0.4, -0.2) is 37.7 Å². The van der Waals surface area contributed by atoms with E-state index in [9.17, 15) is 14.4 Å². The van der Waals surface area contributed by atoms with Gasteiger partial charge in [0.05, 0.1) is 0 Å². The highest BCUT2D eigenvalue weighted by Crippen LogP contribution is 2.39. The standard InChI is InChI=1S/C17H19N5O3/c1-19-14(23)9-20-8-12(7-18)10-2-3-13-11(6-10)4-5-17(13)15(24)21-16(25)22-17/h2-3,6-8H,4-5,9,18H2,1H3,(H,19,23)(H2,21,22,24,25). The van der Waals surface area contributed by atoms with Gasteiger partial charge in [-0.2, -0.15) is 0 Å². The van der Waals surface area contributed by atoms with Crippen molar-refractivity contribution in [3.63, 3.8) is 0 Å². The maximum absolute atomic E-state index is 12.2. The smallest absolute Gasteiger partial charge is 0.322 e. The number of nitrogens with two attached hydrogens (primary N) is 1. The van der Waals surface area contributed by atoms with Crippen LogP contribution in [-0.2, 0) is 21.5 Å². The highest BCUT2D eigenvalue weighted by molar-refractivity contribution is 6.11. The van der Waals surface area contributed by atoms with Crippen molar-refractivity contribution in [2.75, 3.05) is 13.6 Å². The number of carbonyl (C=O) groups excluding carboxylic acids is 3. The second-order valence-electron chi connectivity index (χ2n) is 5.95. The van der Waals surface area contributed by atoms with Crippen molar-refractivity contribution >= 4 is 29.6 Å². The van der Waals surface area contributed by atoms with Gasteiger partial charge in [0.15, 0.2) is 0 Å². The van der Waals surface area contributed by atoms with E-state index in [1.54, 1.807) is 13.3 Å². The van der Waals surface area contributed by atoms with Crippen molar-refractivity contribution in [2.45, 2.75) is 18.4 Å². The fourth-order valence-corrected chi connectivity index (χ4v) is 3.23. The predicted molar refractivity (Wildman–Crippen MR) is 92.7 cm³/mol. The molecule has 1 aliphatic carbocycles. The molecule has 5 N–H and O–H groups in total. The Morgan fingerprint density at radius 2 is 2.24 bits per heavy atom. The monoisotopic (exact) mass is 341 g/mol. The summed E-state index contributed by atoms with van der Waals surface area (Å²) in [4.78, 5) is 39.0. The molecule has 1 aromatic carbocycles. The number of rotatable bonds is 4. The van der Waals surface area contributed by atoms with Crippen LogP contribution in [0.5, 0.6) is 0 Å². The number of nitrogens with zero attached hydrogens (tertiary/aromatic N) is 1. The molecule has 8 heteroatoms. The highest BCUT2D eigenvalue weighted by Gasteiger charge is 2.51. The van der Waals surface area contributed by atoms with Crippen LogP contribution in [0, 0.1) is 0 Å². The van der Waals surface area contributed by atoms with E-state index in [1.165, 1.54) is 6.20 Å². The van der Waals surface area contributed by atoms with E-state index in [4.69, 9.17) is 5.73 Å². The summed E-state index contributed by atoms with van der Waals surface area (Å²) in [6.45, 7) is 0.0219. The molecule has 1 spiro atoms. The third kappa shape index (κ3) is 2.86. The van der Waals surface area contributed by atoms with E-state index < -0.39 is 11.6 Å². The molecule has 0 bridgehead atoms. The van der Waals surface area contributed by atoms with Gasteiger partial charge in [-0.05, 0) is 29.5 Å². The number of likely N-dealkylation sites (N-methyl/N-ethyl adjacent to an activating group) is 1. The Bertz CT molecular complexity index is 815. The Kier molecular flexibility index (Phi) is 4.26. The average Bonchev–Trinajstić information content (AvgIpc) is 3.11. The predicted octanol–water partition coefficient (Wildman–Crippen LogP) is -0.216. The summed E-state index contributed by atoms with van der Waals surface area (Å²) >= 11 is 0. The van der Waals surface area contributed by atoms with Crippen molar-refractivity contribution in [1.29, 1.82) is 0 Å². The summed E-state index contributed by atoms with van der Waals surface area (Å²) in [5, 5.41) is 7.54. The van der Waals surface area contributed by atoms with E-state index >= 15 is 0 Å². The number of imide groups is 1. The van der Waals surface area contributed by atoms with Crippen molar-refractivity contribution in [2.24, 2.45) is 10.7 Å². The minimum atomic E-state index is -0.967. The molecule has 2 aliphatic rings. The zero-order valence-corrected chi connectivity index (χ0v) is 13.8. The molecule has 0 aromatic heterocycles. The van der Waals surface area contributed by atoms with Gasteiger partial charge in [0.1, 0.15) is 12.1 Å². The lowest BCUT2D eigenvalue weighted by Gasteiger charge is -2.21. The fourth-order valence-electron chi connectivity index (χ4n) is 3.23. The summed E-state index contributed by atoms with van der Waals surface area (Å²) in [7, 11) is 1.55. The molecule has 8 nitrogen and oxygen atoms in total. The lowest BCUT2D eigenvalue weighted by atomic mass is 9.91. The summed E-state index contributed by atoms with van der Waals surface area (Å²) in [6, 6.07) is 5.13. The van der Waals surface area contributed by atoms with Crippen LogP contribution in [0.4, 0.5) is 4.79 Å². The number of urea groups is 1. The van der Waals surface area contributed by atoms with Crippen LogP contribution in [0.1, 0.15) is 23.1 Å². The van der Waals surface area contributed by atoms with Gasteiger partial charge in [-0.15, -0.1) is 0 Å². The summed E-state index contributed by atoms with van der Waals surface area (Å²) in [6.07, 6.45) is 4.16. The summed E-state index contributed by atoms with van der Waals surface area (Å²) in [5.41, 5.74) is 8.01. The van der Waals surface area contributed by atoms with Crippen LogP contribution in [0.2, 0.25) is 0 Å². The Hall–Kier alpha value is -3.16. The van der Waals surface area contributed by atoms with Crippen LogP contribution in [0.3, 0.4) is 0 Å². The quantitative estimate of drug-likeness (QED) is 0.446. The summed E-state index contributed by atoms with van der Waals surface area (Å²) in [5.74, 6) is -0.503. The van der Waals surface area contributed by atoms with Gasteiger partial charge in [-0.3, -0.25) is 19.9 Å². The summed E-state index contributed by atoms with van der Waals surface area (Å²) < 4.78 is 0. The number of hydrogen-bond acceptors (Lipinski definition) is 5. The van der Waals surface area contributed by atoms with Crippen molar-refractivity contribution in [3.8, 4) is 0 Å². The molecule has 1 fully saturated rings. The first-order chi connectivity index (χ1) is 12.0. The van der Waals surface area contributed by atoms with Gasteiger partial charge in [0.2, 0.25) is 5.91 Å². The van der Waals surface area contributed by atoms with E-state index in [0.717, 1.165) is 16.7 Å². The molecule has 0 radical (unpaired) electrons.